The summed E-state index contributed by atoms with van der Waals surface area (Å²) in [4.78, 5) is 11.0. The predicted octanol–water partition coefficient (Wildman–Crippen LogP) is 4.38. The normalized spacial score (nSPS) is 13.2. The smallest absolute Gasteiger partial charge is 0.415 e. The van der Waals surface area contributed by atoms with Gasteiger partial charge in [-0.2, -0.15) is 13.2 Å². The lowest BCUT2D eigenvalue weighted by Crippen LogP contribution is -2.26. The minimum absolute atomic E-state index is 0.0672. The second-order valence-electron chi connectivity index (χ2n) is 3.36. The number of hydrogen-bond donors (Lipinski definition) is 1. The summed E-state index contributed by atoms with van der Waals surface area (Å²) in [7, 11) is 0. The van der Waals surface area contributed by atoms with Crippen LogP contribution >= 0.6 is 23.5 Å². The summed E-state index contributed by atoms with van der Waals surface area (Å²) in [5, 5.41) is 8.94. The molecular formula is C11H17F3O2S2. The maximum atomic E-state index is 13.1. The van der Waals surface area contributed by atoms with Crippen LogP contribution in [0.5, 0.6) is 0 Å². The van der Waals surface area contributed by atoms with E-state index in [4.69, 9.17) is 5.11 Å². The molecule has 0 aromatic rings. The highest BCUT2D eigenvalue weighted by atomic mass is 32.2. The second kappa shape index (κ2) is 7.99. The minimum Gasteiger partial charge on any atom is -0.481 e. The van der Waals surface area contributed by atoms with Crippen molar-refractivity contribution in [2.75, 3.05) is 11.5 Å². The first kappa shape index (κ1) is 17.7. The van der Waals surface area contributed by atoms with Crippen LogP contribution in [0.4, 0.5) is 13.2 Å². The van der Waals surface area contributed by atoms with Gasteiger partial charge in [0.15, 0.2) is 0 Å². The van der Waals surface area contributed by atoms with Crippen molar-refractivity contribution >= 4 is 29.5 Å². The Balaban J connectivity index is 5.67. The monoisotopic (exact) mass is 302 g/mol. The zero-order valence-corrected chi connectivity index (χ0v) is 12.1. The third kappa shape index (κ3) is 5.14. The van der Waals surface area contributed by atoms with Crippen molar-refractivity contribution in [3.05, 3.63) is 9.81 Å². The van der Waals surface area contributed by atoms with Crippen molar-refractivity contribution in [1.82, 2.24) is 0 Å². The van der Waals surface area contributed by atoms with Gasteiger partial charge in [0.25, 0.3) is 0 Å². The van der Waals surface area contributed by atoms with Gasteiger partial charge in [-0.1, -0.05) is 20.8 Å². The van der Waals surface area contributed by atoms with Crippen LogP contribution in [-0.4, -0.2) is 28.8 Å². The molecular weight excluding hydrogens is 285 g/mol. The summed E-state index contributed by atoms with van der Waals surface area (Å²) in [6.07, 6.45) is -4.67. The number of aliphatic carboxylic acids is 1. The van der Waals surface area contributed by atoms with Crippen molar-refractivity contribution in [1.29, 1.82) is 0 Å². The van der Waals surface area contributed by atoms with Crippen molar-refractivity contribution < 1.29 is 23.1 Å². The summed E-state index contributed by atoms with van der Waals surface area (Å²) >= 11 is 2.11. The average Bonchev–Trinajstić information content (AvgIpc) is 2.23. The van der Waals surface area contributed by atoms with Gasteiger partial charge in [-0.15, -0.1) is 23.5 Å². The number of carboxylic acid groups (broad SMARTS) is 1. The fourth-order valence-corrected chi connectivity index (χ4v) is 3.81. The Hall–Kier alpha value is -0.300. The fourth-order valence-electron chi connectivity index (χ4n) is 1.42. The molecule has 1 atom stereocenters. The molecule has 1 N–H and O–H groups in total. The zero-order valence-electron chi connectivity index (χ0n) is 10.5. The molecule has 0 heterocycles. The topological polar surface area (TPSA) is 37.3 Å². The highest BCUT2D eigenvalue weighted by Crippen LogP contribution is 2.43. The molecule has 106 valence electrons. The summed E-state index contributed by atoms with van der Waals surface area (Å²) in [6.45, 7) is 4.95. The molecule has 0 saturated carbocycles. The van der Waals surface area contributed by atoms with Gasteiger partial charge in [-0.25, -0.2) is 0 Å². The van der Waals surface area contributed by atoms with Crippen molar-refractivity contribution in [2.45, 2.75) is 33.4 Å². The molecule has 18 heavy (non-hydrogen) atoms. The fraction of sp³-hybridized carbons (Fsp3) is 0.727. The SMILES string of the molecule is CCSC(SCC)=C(C(CC)C(=O)O)C(F)(F)F. The van der Waals surface area contributed by atoms with Crippen LogP contribution in [0.2, 0.25) is 0 Å². The molecule has 1 unspecified atom stereocenters. The maximum absolute atomic E-state index is 13.1. The van der Waals surface area contributed by atoms with Gasteiger partial charge in [-0.3, -0.25) is 4.79 Å². The molecule has 2 nitrogen and oxygen atoms in total. The van der Waals surface area contributed by atoms with Crippen molar-refractivity contribution in [2.24, 2.45) is 5.92 Å². The predicted molar refractivity (Wildman–Crippen MR) is 70.8 cm³/mol. The van der Waals surface area contributed by atoms with Crippen LogP contribution < -0.4 is 0 Å². The molecule has 0 bridgehead atoms. The molecule has 0 aromatic carbocycles. The van der Waals surface area contributed by atoms with Crippen LogP contribution in [0.15, 0.2) is 9.81 Å². The quantitative estimate of drug-likeness (QED) is 0.757. The third-order valence-corrected chi connectivity index (χ3v) is 4.38. The van der Waals surface area contributed by atoms with Crippen LogP contribution in [0.1, 0.15) is 27.2 Å². The molecule has 0 spiro atoms. The van der Waals surface area contributed by atoms with Crippen LogP contribution in [0.3, 0.4) is 0 Å². The molecule has 0 rings (SSSR count). The van der Waals surface area contributed by atoms with Crippen LogP contribution in [0.25, 0.3) is 0 Å². The standard InChI is InChI=1S/C11H17F3O2S2/c1-4-7(9(15)16)8(11(12,13)14)10(17-5-2)18-6-3/h7H,4-6H2,1-3H3,(H,15,16). The first-order valence-electron chi connectivity index (χ1n) is 5.59. The molecule has 0 aliphatic heterocycles. The lowest BCUT2D eigenvalue weighted by atomic mass is 9.97. The van der Waals surface area contributed by atoms with E-state index in [2.05, 4.69) is 0 Å². The van der Waals surface area contributed by atoms with E-state index in [-0.39, 0.29) is 10.7 Å². The van der Waals surface area contributed by atoms with Gasteiger partial charge in [0.2, 0.25) is 0 Å². The lowest BCUT2D eigenvalue weighted by Gasteiger charge is -2.21. The molecule has 0 aliphatic rings. The van der Waals surface area contributed by atoms with Gasteiger partial charge in [0.1, 0.15) is 0 Å². The maximum Gasteiger partial charge on any atom is 0.415 e. The molecule has 0 amide bonds. The second-order valence-corrected chi connectivity index (χ2v) is 6.17. The Morgan fingerprint density at radius 3 is 1.83 bits per heavy atom. The molecule has 0 radical (unpaired) electrons. The summed E-state index contributed by atoms with van der Waals surface area (Å²) in [5.41, 5.74) is -0.906. The van der Waals surface area contributed by atoms with Gasteiger partial charge < -0.3 is 5.11 Å². The van der Waals surface area contributed by atoms with Gasteiger partial charge in [-0.05, 0) is 17.9 Å². The highest BCUT2D eigenvalue weighted by molar-refractivity contribution is 8.22. The highest BCUT2D eigenvalue weighted by Gasteiger charge is 2.43. The van der Waals surface area contributed by atoms with Crippen molar-refractivity contribution in [3.63, 3.8) is 0 Å². The average molecular weight is 302 g/mol. The Bertz CT molecular complexity index is 306. The first-order chi connectivity index (χ1) is 8.29. The number of carbonyl (C=O) groups is 1. The molecule has 0 aromatic heterocycles. The number of hydrogen-bond acceptors (Lipinski definition) is 3. The van der Waals surface area contributed by atoms with Gasteiger partial charge in [0.05, 0.1) is 11.5 Å². The van der Waals surface area contributed by atoms with E-state index in [1.807, 2.05) is 0 Å². The summed E-state index contributed by atoms with van der Waals surface area (Å²) < 4.78 is 39.3. The molecule has 0 fully saturated rings. The molecule has 0 aliphatic carbocycles. The molecule has 0 saturated heterocycles. The number of thioether (sulfide) groups is 2. The van der Waals surface area contributed by atoms with E-state index in [0.717, 1.165) is 23.5 Å². The van der Waals surface area contributed by atoms with E-state index in [1.54, 1.807) is 13.8 Å². The zero-order chi connectivity index (χ0) is 14.3. The van der Waals surface area contributed by atoms with Crippen molar-refractivity contribution in [3.8, 4) is 0 Å². The number of rotatable bonds is 7. The Labute approximate surface area is 113 Å². The lowest BCUT2D eigenvalue weighted by molar-refractivity contribution is -0.146. The number of halogens is 3. The van der Waals surface area contributed by atoms with Crippen LogP contribution in [0, 0.1) is 5.92 Å². The van der Waals surface area contributed by atoms with E-state index < -0.39 is 23.6 Å². The minimum atomic E-state index is -4.60. The Morgan fingerprint density at radius 1 is 1.17 bits per heavy atom. The van der Waals surface area contributed by atoms with E-state index in [9.17, 15) is 18.0 Å². The van der Waals surface area contributed by atoms with E-state index >= 15 is 0 Å². The van der Waals surface area contributed by atoms with Gasteiger partial charge >= 0.3 is 12.1 Å². The first-order valence-corrected chi connectivity index (χ1v) is 7.56. The van der Waals surface area contributed by atoms with Crippen LogP contribution in [-0.2, 0) is 4.79 Å². The van der Waals surface area contributed by atoms with E-state index in [1.165, 1.54) is 6.92 Å². The molecule has 7 heteroatoms. The summed E-state index contributed by atoms with van der Waals surface area (Å²) in [6, 6.07) is 0. The number of alkyl halides is 3. The Kier molecular flexibility index (Phi) is 7.86. The largest absolute Gasteiger partial charge is 0.481 e. The Morgan fingerprint density at radius 2 is 1.61 bits per heavy atom. The number of carboxylic acids is 1. The third-order valence-electron chi connectivity index (χ3n) is 2.13. The summed E-state index contributed by atoms with van der Waals surface area (Å²) in [5.74, 6) is -1.94. The van der Waals surface area contributed by atoms with Gasteiger partial charge in [0, 0.05) is 4.24 Å². The van der Waals surface area contributed by atoms with E-state index in [0.29, 0.717) is 11.5 Å².